The van der Waals surface area contributed by atoms with Gasteiger partial charge in [0, 0.05) is 12.2 Å². The van der Waals surface area contributed by atoms with Crippen LogP contribution in [0.15, 0.2) is 29.3 Å². The van der Waals surface area contributed by atoms with Gasteiger partial charge in [0.2, 0.25) is 0 Å². The molecule has 0 saturated heterocycles. The third kappa shape index (κ3) is 4.21. The number of hydrogen-bond donors (Lipinski definition) is 0. The molecule has 1 aliphatic carbocycles. The van der Waals surface area contributed by atoms with Crippen molar-refractivity contribution in [2.45, 2.75) is 6.36 Å². The summed E-state index contributed by atoms with van der Waals surface area (Å²) in [5.74, 6) is -0.404. The molecular formula is C8H5F3N2O2. The SMILES string of the molecule is [NH-]C(=O)N=C1C=CC(=[O+]C(F)(F)F)C=C1. The topological polar surface area (TPSA) is 64.5 Å². The molecule has 0 radical (unpaired) electrons. The highest BCUT2D eigenvalue weighted by Gasteiger charge is 2.44. The fraction of sp³-hybridized carbons (Fsp3) is 0.125. The number of nitrogens with one attached hydrogen (secondary N) is 1. The summed E-state index contributed by atoms with van der Waals surface area (Å²) in [4.78, 5) is 13.4. The van der Waals surface area contributed by atoms with Gasteiger partial charge in [0.05, 0.1) is 0 Å². The van der Waals surface area contributed by atoms with Crippen molar-refractivity contribution >= 4 is 17.5 Å². The first-order valence-electron chi connectivity index (χ1n) is 3.70. The van der Waals surface area contributed by atoms with Gasteiger partial charge >= 0.3 is 12.1 Å². The van der Waals surface area contributed by atoms with Crippen molar-refractivity contribution in [3.63, 3.8) is 0 Å². The van der Waals surface area contributed by atoms with E-state index in [0.717, 1.165) is 24.3 Å². The Labute approximate surface area is 82.3 Å². The highest BCUT2D eigenvalue weighted by molar-refractivity contribution is 6.19. The Morgan fingerprint density at radius 1 is 1.27 bits per heavy atom. The van der Waals surface area contributed by atoms with Gasteiger partial charge in [0.25, 0.3) is 0 Å². The van der Waals surface area contributed by atoms with Crippen molar-refractivity contribution in [3.05, 3.63) is 30.0 Å². The number of hydrogen-bond acceptors (Lipinski definition) is 1. The molecule has 0 aromatic carbocycles. The molecule has 4 nitrogen and oxygen atoms in total. The van der Waals surface area contributed by atoms with E-state index >= 15 is 0 Å². The number of carbonyl (C=O) groups is 1. The number of alkyl halides is 3. The number of amides is 2. The molecule has 2 amide bonds. The Kier molecular flexibility index (Phi) is 3.03. The minimum absolute atomic E-state index is 0.101. The molecule has 7 heteroatoms. The van der Waals surface area contributed by atoms with Gasteiger partial charge in [0.1, 0.15) is 0 Å². The highest BCUT2D eigenvalue weighted by Crippen LogP contribution is 2.13. The Morgan fingerprint density at radius 3 is 2.20 bits per heavy atom. The van der Waals surface area contributed by atoms with Gasteiger partial charge in [0.15, 0.2) is 6.03 Å². The van der Waals surface area contributed by atoms with Crippen molar-refractivity contribution in [2.75, 3.05) is 0 Å². The Hall–Kier alpha value is -1.92. The minimum atomic E-state index is -4.75. The van der Waals surface area contributed by atoms with Crippen LogP contribution in [0.2, 0.25) is 0 Å². The van der Waals surface area contributed by atoms with Gasteiger partial charge in [-0.05, 0) is 17.9 Å². The van der Waals surface area contributed by atoms with Crippen LogP contribution < -0.4 is 0 Å². The lowest BCUT2D eigenvalue weighted by molar-refractivity contribution is -0.674. The first kappa shape index (κ1) is 11.2. The van der Waals surface area contributed by atoms with E-state index in [4.69, 9.17) is 5.73 Å². The zero-order valence-electron chi connectivity index (χ0n) is 7.21. The first-order valence-corrected chi connectivity index (χ1v) is 3.70. The van der Waals surface area contributed by atoms with Gasteiger partial charge in [-0.1, -0.05) is 13.2 Å². The van der Waals surface area contributed by atoms with Gasteiger partial charge in [-0.3, -0.25) is 4.79 Å². The molecule has 1 rings (SSSR count). The maximum Gasteiger partial charge on any atom is 0.775 e. The van der Waals surface area contributed by atoms with E-state index in [-0.39, 0.29) is 5.71 Å². The third-order valence-electron chi connectivity index (χ3n) is 1.30. The molecule has 0 unspecified atom stereocenters. The zero-order valence-corrected chi connectivity index (χ0v) is 7.21. The predicted molar refractivity (Wildman–Crippen MR) is 46.5 cm³/mol. The molecule has 1 N–H and O–H groups in total. The van der Waals surface area contributed by atoms with E-state index in [9.17, 15) is 18.0 Å². The summed E-state index contributed by atoms with van der Waals surface area (Å²) >= 11 is 0. The number of halogens is 3. The molecule has 80 valence electrons. The van der Waals surface area contributed by atoms with Gasteiger partial charge in [-0.15, -0.1) is 0 Å². The molecule has 0 aromatic heterocycles. The summed E-state index contributed by atoms with van der Waals surface area (Å²) in [5, 5.41) is 0. The van der Waals surface area contributed by atoms with Crippen LogP contribution in [0.1, 0.15) is 0 Å². The summed E-state index contributed by atoms with van der Waals surface area (Å²) in [6, 6.07) is -1.17. The number of aliphatic imine (C=N–C) groups is 1. The van der Waals surface area contributed by atoms with E-state index in [1.165, 1.54) is 0 Å². The fourth-order valence-electron chi connectivity index (χ4n) is 0.840. The first-order chi connectivity index (χ1) is 6.87. The fourth-order valence-corrected chi connectivity index (χ4v) is 0.840. The quantitative estimate of drug-likeness (QED) is 0.454. The molecule has 0 saturated carbocycles. The van der Waals surface area contributed by atoms with Crippen LogP contribution in [0, 0.1) is 0 Å². The van der Waals surface area contributed by atoms with Crippen LogP contribution in [-0.4, -0.2) is 23.9 Å². The van der Waals surface area contributed by atoms with E-state index in [2.05, 4.69) is 9.42 Å². The summed E-state index contributed by atoms with van der Waals surface area (Å²) in [7, 11) is 0. The van der Waals surface area contributed by atoms with Gasteiger partial charge in [-0.25, -0.2) is 0 Å². The lowest BCUT2D eigenvalue weighted by Gasteiger charge is -2.01. The smallest absolute Gasteiger partial charge is 0.447 e. The van der Waals surface area contributed by atoms with E-state index in [1.54, 1.807) is 0 Å². The van der Waals surface area contributed by atoms with Crippen molar-refractivity contribution in [2.24, 2.45) is 4.99 Å². The molecule has 0 spiro atoms. The summed E-state index contributed by atoms with van der Waals surface area (Å²) in [5.41, 5.74) is 6.60. The van der Waals surface area contributed by atoms with Gasteiger partial charge in [-0.2, -0.15) is 4.42 Å². The van der Waals surface area contributed by atoms with Crippen molar-refractivity contribution in [3.8, 4) is 0 Å². The van der Waals surface area contributed by atoms with Crippen LogP contribution in [0.3, 0.4) is 0 Å². The Morgan fingerprint density at radius 2 is 1.80 bits per heavy atom. The third-order valence-corrected chi connectivity index (χ3v) is 1.30. The zero-order chi connectivity index (χ0) is 11.5. The Bertz CT molecular complexity index is 373. The summed E-state index contributed by atoms with van der Waals surface area (Å²) in [6.45, 7) is 0. The monoisotopic (exact) mass is 218 g/mol. The summed E-state index contributed by atoms with van der Waals surface area (Å²) < 4.78 is 38.8. The molecule has 15 heavy (non-hydrogen) atoms. The van der Waals surface area contributed by atoms with Crippen LogP contribution >= 0.6 is 0 Å². The van der Waals surface area contributed by atoms with E-state index in [0.29, 0.717) is 0 Å². The number of urea groups is 1. The maximum atomic E-state index is 11.7. The lowest BCUT2D eigenvalue weighted by Crippen LogP contribution is -2.14. The average molecular weight is 218 g/mol. The molecule has 0 atom stereocenters. The molecule has 0 aliphatic heterocycles. The second-order valence-corrected chi connectivity index (χ2v) is 2.46. The number of rotatable bonds is 0. The number of ketones is 1. The largest absolute Gasteiger partial charge is 0.775 e. The van der Waals surface area contributed by atoms with E-state index < -0.39 is 18.2 Å². The van der Waals surface area contributed by atoms with Crippen LogP contribution in [0.25, 0.3) is 5.73 Å². The van der Waals surface area contributed by atoms with Crippen molar-refractivity contribution in [1.82, 2.24) is 0 Å². The number of carbonyl (C=O) groups excluding carboxylic acids is 2. The normalized spacial score (nSPS) is 15.4. The molecule has 0 bridgehead atoms. The lowest BCUT2D eigenvalue weighted by atomic mass is 10.2. The maximum absolute atomic E-state index is 11.7. The summed E-state index contributed by atoms with van der Waals surface area (Å²) in [6.07, 6.45) is -0.435. The second-order valence-electron chi connectivity index (χ2n) is 2.46. The Balaban J connectivity index is 2.81. The molecule has 0 aromatic rings. The average Bonchev–Trinajstić information content (AvgIpc) is 2.05. The van der Waals surface area contributed by atoms with Gasteiger partial charge < -0.3 is 10.7 Å². The van der Waals surface area contributed by atoms with Crippen LogP contribution in [0.4, 0.5) is 18.0 Å². The number of allylic oxidation sites excluding steroid dienone is 4. The van der Waals surface area contributed by atoms with Crippen molar-refractivity contribution < 1.29 is 22.4 Å². The highest BCUT2D eigenvalue weighted by atomic mass is 19.4. The second kappa shape index (κ2) is 4.07. The predicted octanol–water partition coefficient (Wildman–Crippen LogP) is 2.35. The van der Waals surface area contributed by atoms with Crippen molar-refractivity contribution in [1.29, 1.82) is 0 Å². The standard InChI is InChI=1S/C8H5F3N2O2/c9-8(10,11)15-6-3-1-5(2-4-6)13-7(12)14/h1-4H,(H-,12,14). The van der Waals surface area contributed by atoms with Crippen LogP contribution in [0.5, 0.6) is 0 Å². The van der Waals surface area contributed by atoms with E-state index in [1.807, 2.05) is 0 Å². The van der Waals surface area contributed by atoms with Crippen LogP contribution in [-0.2, 0) is 4.42 Å². The molecule has 0 heterocycles. The minimum Gasteiger partial charge on any atom is -0.447 e. The molecule has 1 aliphatic rings. The number of nitrogens with zero attached hydrogens (tertiary/aromatic N) is 1. The molecule has 0 fully saturated rings. The molecular weight excluding hydrogens is 213 g/mol.